The van der Waals surface area contributed by atoms with Gasteiger partial charge in [0.25, 0.3) is 0 Å². The SMILES string of the molecule is CCCCCCCCCCCCCCCCNCCCCC1CCC2C3CCC4CCCCC4(C)C3CCC12C.NCCCO.NCCCO.NCCCO. The van der Waals surface area contributed by atoms with Crippen LogP contribution in [0.4, 0.5) is 0 Å². The van der Waals surface area contributed by atoms with Crippen molar-refractivity contribution in [3.05, 3.63) is 0 Å². The zero-order valence-corrected chi connectivity index (χ0v) is 37.3. The number of unbranched alkanes of at least 4 members (excludes halogenated alkanes) is 14. The maximum Gasteiger partial charge on any atom is 0.0443 e. The lowest BCUT2D eigenvalue weighted by molar-refractivity contribution is -0.111. The Balaban J connectivity index is 0.000000854. The number of hydrogen-bond acceptors (Lipinski definition) is 7. The number of nitrogens with one attached hydrogen (secondary N) is 1. The summed E-state index contributed by atoms with van der Waals surface area (Å²) in [5.74, 6) is 5.31. The van der Waals surface area contributed by atoms with E-state index in [1.165, 1.54) is 135 Å². The molecule has 0 aromatic carbocycles. The molecule has 7 heteroatoms. The zero-order valence-electron chi connectivity index (χ0n) is 37.3. The second-order valence-electron chi connectivity index (χ2n) is 18.7. The van der Waals surface area contributed by atoms with Crippen molar-refractivity contribution in [3.63, 3.8) is 0 Å². The highest BCUT2D eigenvalue weighted by molar-refractivity contribution is 5.08. The van der Waals surface area contributed by atoms with E-state index < -0.39 is 0 Å². The van der Waals surface area contributed by atoms with Gasteiger partial charge in [0.15, 0.2) is 0 Å². The van der Waals surface area contributed by atoms with Gasteiger partial charge in [-0.1, -0.05) is 124 Å². The van der Waals surface area contributed by atoms with Crippen LogP contribution in [0.15, 0.2) is 0 Å². The van der Waals surface area contributed by atoms with Crippen LogP contribution in [-0.4, -0.2) is 67.9 Å². The Morgan fingerprint density at radius 3 is 1.47 bits per heavy atom. The normalized spacial score (nSPS) is 28.0. The lowest BCUT2D eigenvalue weighted by Crippen LogP contribution is -2.52. The van der Waals surface area contributed by atoms with Crippen LogP contribution in [0.5, 0.6) is 0 Å². The number of rotatable bonds is 26. The molecule has 7 nitrogen and oxygen atoms in total. The summed E-state index contributed by atoms with van der Waals surface area (Å²) in [5.41, 5.74) is 16.3. The summed E-state index contributed by atoms with van der Waals surface area (Å²) in [5, 5.41) is 27.7. The Morgan fingerprint density at radius 1 is 0.491 bits per heavy atom. The van der Waals surface area contributed by atoms with Gasteiger partial charge in [0.2, 0.25) is 0 Å². The monoisotopic (exact) mass is 781 g/mol. The predicted octanol–water partition coefficient (Wildman–Crippen LogP) is 10.3. The first-order valence-corrected chi connectivity index (χ1v) is 24.5. The second kappa shape index (κ2) is 34.6. The first kappa shape index (κ1) is 52.7. The molecule has 0 saturated heterocycles. The van der Waals surface area contributed by atoms with E-state index in [0.717, 1.165) is 48.9 Å². The molecule has 0 radical (unpaired) electrons. The lowest BCUT2D eigenvalue weighted by atomic mass is 9.45. The molecule has 4 rings (SSSR count). The molecule has 0 amide bonds. The van der Waals surface area contributed by atoms with Gasteiger partial charge in [-0.25, -0.2) is 0 Å². The highest BCUT2D eigenvalue weighted by atomic mass is 16.3. The third-order valence-corrected chi connectivity index (χ3v) is 14.7. The van der Waals surface area contributed by atoms with Gasteiger partial charge in [-0.3, -0.25) is 0 Å². The van der Waals surface area contributed by atoms with E-state index >= 15 is 0 Å². The number of aliphatic hydroxyl groups excluding tert-OH is 3. The zero-order chi connectivity index (χ0) is 40.5. The van der Waals surface area contributed by atoms with Gasteiger partial charge in [0.05, 0.1) is 0 Å². The van der Waals surface area contributed by atoms with Gasteiger partial charge in [-0.2, -0.15) is 0 Å². The molecule has 0 heterocycles. The van der Waals surface area contributed by atoms with E-state index in [2.05, 4.69) is 26.1 Å². The van der Waals surface area contributed by atoms with Crippen molar-refractivity contribution in [1.82, 2.24) is 5.32 Å². The fraction of sp³-hybridized carbons (Fsp3) is 1.00. The molecule has 4 aliphatic rings. The van der Waals surface area contributed by atoms with Crippen molar-refractivity contribution in [2.75, 3.05) is 52.5 Å². The quantitative estimate of drug-likeness (QED) is 0.0432. The minimum atomic E-state index is 0.219. The van der Waals surface area contributed by atoms with Crippen LogP contribution in [-0.2, 0) is 0 Å². The average Bonchev–Trinajstić information content (AvgIpc) is 3.53. The molecule has 4 aliphatic carbocycles. The van der Waals surface area contributed by atoms with Gasteiger partial charge in [0, 0.05) is 19.8 Å². The van der Waals surface area contributed by atoms with E-state index in [-0.39, 0.29) is 19.8 Å². The number of hydrogen-bond donors (Lipinski definition) is 7. The van der Waals surface area contributed by atoms with Crippen molar-refractivity contribution in [2.45, 2.75) is 213 Å². The Labute approximate surface area is 343 Å². The Kier molecular flexibility index (Phi) is 33.1. The van der Waals surface area contributed by atoms with Crippen LogP contribution in [0.1, 0.15) is 213 Å². The van der Waals surface area contributed by atoms with Crippen molar-refractivity contribution in [2.24, 2.45) is 57.6 Å². The molecule has 4 saturated carbocycles. The summed E-state index contributed by atoms with van der Waals surface area (Å²) in [6.07, 6.45) is 42.5. The van der Waals surface area contributed by atoms with Crippen LogP contribution in [0.2, 0.25) is 0 Å². The van der Waals surface area contributed by atoms with Crippen LogP contribution >= 0.6 is 0 Å². The topological polar surface area (TPSA) is 151 Å². The van der Waals surface area contributed by atoms with Crippen LogP contribution in [0.3, 0.4) is 0 Å². The van der Waals surface area contributed by atoms with Gasteiger partial charge in [-0.05, 0) is 163 Å². The third-order valence-electron chi connectivity index (χ3n) is 14.7. The van der Waals surface area contributed by atoms with Gasteiger partial charge < -0.3 is 37.8 Å². The molecular weight excluding hydrogens is 681 g/mol. The predicted molar refractivity (Wildman–Crippen MR) is 239 cm³/mol. The largest absolute Gasteiger partial charge is 0.396 e. The fourth-order valence-electron chi connectivity index (χ4n) is 11.4. The molecule has 4 fully saturated rings. The molecule has 0 aliphatic heterocycles. The van der Waals surface area contributed by atoms with Crippen molar-refractivity contribution in [1.29, 1.82) is 0 Å². The van der Waals surface area contributed by atoms with Gasteiger partial charge >= 0.3 is 0 Å². The second-order valence-corrected chi connectivity index (χ2v) is 18.7. The Bertz CT molecular complexity index is 815. The molecule has 0 bridgehead atoms. The van der Waals surface area contributed by atoms with Gasteiger partial charge in [0.1, 0.15) is 0 Å². The minimum Gasteiger partial charge on any atom is -0.396 e. The molecule has 10 N–H and O–H groups in total. The maximum atomic E-state index is 7.99. The highest BCUT2D eigenvalue weighted by Gasteiger charge is 2.59. The fourth-order valence-corrected chi connectivity index (χ4v) is 11.4. The number of fused-ring (bicyclic) bond motifs is 5. The van der Waals surface area contributed by atoms with E-state index in [4.69, 9.17) is 32.5 Å². The highest BCUT2D eigenvalue weighted by Crippen LogP contribution is 2.67. The standard InChI is InChI=1S/C39H73N.3C3H9NO/c1-4-5-6-7-8-9-10-11-12-13-14-15-16-20-31-40-32-21-18-23-34-25-27-36-35-26-24-33-22-17-19-29-38(33,2)37(35)28-30-39(34,36)3;3*4-2-1-3-5/h33-37,40H,4-32H2,1-3H3;3*5H,1-4H2. The summed E-state index contributed by atoms with van der Waals surface area (Å²) in [4.78, 5) is 0. The summed E-state index contributed by atoms with van der Waals surface area (Å²) in [7, 11) is 0. The molecule has 55 heavy (non-hydrogen) atoms. The van der Waals surface area contributed by atoms with Crippen LogP contribution in [0.25, 0.3) is 0 Å². The Hall–Kier alpha value is -0.280. The average molecular weight is 781 g/mol. The van der Waals surface area contributed by atoms with E-state index in [1.54, 1.807) is 51.4 Å². The third kappa shape index (κ3) is 21.0. The van der Waals surface area contributed by atoms with E-state index in [1.807, 2.05) is 0 Å². The van der Waals surface area contributed by atoms with Crippen LogP contribution < -0.4 is 22.5 Å². The lowest BCUT2D eigenvalue weighted by Gasteiger charge is -2.60. The summed E-state index contributed by atoms with van der Waals surface area (Å²) in [6.45, 7) is 12.8. The molecule has 0 spiro atoms. The summed E-state index contributed by atoms with van der Waals surface area (Å²) in [6, 6.07) is 0. The molecule has 0 aromatic rings. The summed E-state index contributed by atoms with van der Waals surface area (Å²) < 4.78 is 0. The smallest absolute Gasteiger partial charge is 0.0443 e. The molecule has 7 unspecified atom stereocenters. The van der Waals surface area contributed by atoms with Crippen molar-refractivity contribution < 1.29 is 15.3 Å². The molecular formula is C48H100N4O3. The number of nitrogens with two attached hydrogens (primary N) is 3. The van der Waals surface area contributed by atoms with Gasteiger partial charge in [-0.15, -0.1) is 0 Å². The number of aliphatic hydroxyl groups is 3. The maximum absolute atomic E-state index is 7.99. The van der Waals surface area contributed by atoms with E-state index in [0.29, 0.717) is 30.5 Å². The first-order valence-electron chi connectivity index (χ1n) is 24.5. The van der Waals surface area contributed by atoms with Crippen molar-refractivity contribution >= 4 is 0 Å². The first-order chi connectivity index (χ1) is 26.8. The van der Waals surface area contributed by atoms with Crippen molar-refractivity contribution in [3.8, 4) is 0 Å². The summed E-state index contributed by atoms with van der Waals surface area (Å²) >= 11 is 0. The van der Waals surface area contributed by atoms with E-state index in [9.17, 15) is 0 Å². The Morgan fingerprint density at radius 2 is 0.982 bits per heavy atom. The minimum absolute atomic E-state index is 0.219. The van der Waals surface area contributed by atoms with Crippen LogP contribution in [0, 0.1) is 40.4 Å². The molecule has 0 aromatic heterocycles. The molecule has 7 atom stereocenters. The molecule has 330 valence electrons.